The van der Waals surface area contributed by atoms with Crippen LogP contribution in [-0.2, 0) is 0 Å². The van der Waals surface area contributed by atoms with Gasteiger partial charge in [-0.2, -0.15) is 5.10 Å². The predicted octanol–water partition coefficient (Wildman–Crippen LogP) is 2.33. The van der Waals surface area contributed by atoms with Crippen molar-refractivity contribution in [1.29, 1.82) is 0 Å². The van der Waals surface area contributed by atoms with Crippen LogP contribution in [-0.4, -0.2) is 22.9 Å². The molecule has 1 N–H and O–H groups in total. The van der Waals surface area contributed by atoms with Gasteiger partial charge in [-0.3, -0.25) is 4.68 Å². The first-order valence-corrected chi connectivity index (χ1v) is 5.81. The molecular weight excluding hydrogens is 186 g/mol. The molecular formula is C12H23N3. The van der Waals surface area contributed by atoms with Crippen molar-refractivity contribution in [3.63, 3.8) is 0 Å². The highest BCUT2D eigenvalue weighted by atomic mass is 15.3. The molecule has 0 radical (unpaired) electrons. The zero-order chi connectivity index (χ0) is 11.3. The van der Waals surface area contributed by atoms with Crippen molar-refractivity contribution in [2.24, 2.45) is 11.8 Å². The molecule has 0 aromatic carbocycles. The van der Waals surface area contributed by atoms with E-state index in [1.807, 2.05) is 18.5 Å². The Bertz CT molecular complexity index is 252. The molecule has 0 saturated carbocycles. The minimum absolute atomic E-state index is 0.457. The average molecular weight is 209 g/mol. The third kappa shape index (κ3) is 4.04. The summed E-state index contributed by atoms with van der Waals surface area (Å²) >= 11 is 0. The normalized spacial score (nSPS) is 13.7. The Hall–Kier alpha value is -0.830. The Morgan fingerprint density at radius 2 is 1.93 bits per heavy atom. The van der Waals surface area contributed by atoms with E-state index in [0.29, 0.717) is 17.9 Å². The average Bonchev–Trinajstić information content (AvgIpc) is 2.63. The van der Waals surface area contributed by atoms with Crippen LogP contribution >= 0.6 is 0 Å². The van der Waals surface area contributed by atoms with Crippen LogP contribution < -0.4 is 5.32 Å². The summed E-state index contributed by atoms with van der Waals surface area (Å²) < 4.78 is 2.05. The SMILES string of the molecule is CC(C)CNCC(C(C)C)n1cccn1. The van der Waals surface area contributed by atoms with E-state index in [9.17, 15) is 0 Å². The molecule has 1 heterocycles. The van der Waals surface area contributed by atoms with Crippen molar-refractivity contribution in [2.45, 2.75) is 33.7 Å². The van der Waals surface area contributed by atoms with Gasteiger partial charge in [-0.05, 0) is 24.4 Å². The molecule has 1 aromatic rings. The van der Waals surface area contributed by atoms with Gasteiger partial charge >= 0.3 is 0 Å². The highest BCUT2D eigenvalue weighted by molar-refractivity contribution is 4.83. The monoisotopic (exact) mass is 209 g/mol. The summed E-state index contributed by atoms with van der Waals surface area (Å²) in [7, 11) is 0. The largest absolute Gasteiger partial charge is 0.314 e. The van der Waals surface area contributed by atoms with E-state index in [-0.39, 0.29) is 0 Å². The Morgan fingerprint density at radius 1 is 1.20 bits per heavy atom. The minimum Gasteiger partial charge on any atom is -0.314 e. The summed E-state index contributed by atoms with van der Waals surface area (Å²) in [6, 6.07) is 2.44. The Balaban J connectivity index is 2.45. The number of rotatable bonds is 6. The third-order valence-corrected chi connectivity index (χ3v) is 2.54. The van der Waals surface area contributed by atoms with Gasteiger partial charge in [0.05, 0.1) is 6.04 Å². The van der Waals surface area contributed by atoms with Gasteiger partial charge < -0.3 is 5.32 Å². The number of hydrogen-bond donors (Lipinski definition) is 1. The first kappa shape index (κ1) is 12.2. The van der Waals surface area contributed by atoms with Crippen molar-refractivity contribution in [3.05, 3.63) is 18.5 Å². The molecule has 0 aliphatic rings. The molecule has 0 saturated heterocycles. The van der Waals surface area contributed by atoms with Gasteiger partial charge in [0, 0.05) is 18.9 Å². The fourth-order valence-electron chi connectivity index (χ4n) is 1.63. The number of nitrogens with zero attached hydrogens (tertiary/aromatic N) is 2. The van der Waals surface area contributed by atoms with E-state index in [0.717, 1.165) is 13.1 Å². The molecule has 0 bridgehead atoms. The van der Waals surface area contributed by atoms with E-state index >= 15 is 0 Å². The van der Waals surface area contributed by atoms with Gasteiger partial charge in [-0.25, -0.2) is 0 Å². The number of hydrogen-bond acceptors (Lipinski definition) is 2. The van der Waals surface area contributed by atoms with E-state index in [2.05, 4.69) is 42.8 Å². The molecule has 3 nitrogen and oxygen atoms in total. The summed E-state index contributed by atoms with van der Waals surface area (Å²) in [6.45, 7) is 11.0. The van der Waals surface area contributed by atoms with Crippen LogP contribution in [0.3, 0.4) is 0 Å². The lowest BCUT2D eigenvalue weighted by Gasteiger charge is -2.22. The highest BCUT2D eigenvalue weighted by Gasteiger charge is 2.14. The van der Waals surface area contributed by atoms with Crippen LogP contribution in [0.1, 0.15) is 33.7 Å². The van der Waals surface area contributed by atoms with Gasteiger partial charge in [0.25, 0.3) is 0 Å². The smallest absolute Gasteiger partial charge is 0.0666 e. The zero-order valence-electron chi connectivity index (χ0n) is 10.3. The van der Waals surface area contributed by atoms with Crippen molar-refractivity contribution in [3.8, 4) is 0 Å². The summed E-state index contributed by atoms with van der Waals surface area (Å²) in [5, 5.41) is 7.81. The molecule has 1 aromatic heterocycles. The van der Waals surface area contributed by atoms with Crippen molar-refractivity contribution in [2.75, 3.05) is 13.1 Å². The van der Waals surface area contributed by atoms with Crippen molar-refractivity contribution < 1.29 is 0 Å². The maximum atomic E-state index is 4.31. The summed E-state index contributed by atoms with van der Waals surface area (Å²) in [5.41, 5.74) is 0. The molecule has 0 spiro atoms. The molecule has 0 amide bonds. The highest BCUT2D eigenvalue weighted by Crippen LogP contribution is 2.15. The summed E-state index contributed by atoms with van der Waals surface area (Å²) in [5.74, 6) is 1.31. The Labute approximate surface area is 92.9 Å². The first-order chi connectivity index (χ1) is 7.11. The topological polar surface area (TPSA) is 29.9 Å². The lowest BCUT2D eigenvalue weighted by molar-refractivity contribution is 0.325. The second-order valence-electron chi connectivity index (χ2n) is 4.85. The minimum atomic E-state index is 0.457. The quantitative estimate of drug-likeness (QED) is 0.779. The van der Waals surface area contributed by atoms with Crippen LogP contribution in [0.4, 0.5) is 0 Å². The molecule has 1 atom stereocenters. The van der Waals surface area contributed by atoms with Gasteiger partial charge in [-0.15, -0.1) is 0 Å². The van der Waals surface area contributed by atoms with Gasteiger partial charge in [0.2, 0.25) is 0 Å². The van der Waals surface area contributed by atoms with Gasteiger partial charge in [0.1, 0.15) is 0 Å². The van der Waals surface area contributed by atoms with Crippen molar-refractivity contribution in [1.82, 2.24) is 15.1 Å². The molecule has 1 rings (SSSR count). The number of nitrogens with one attached hydrogen (secondary N) is 1. The fraction of sp³-hybridized carbons (Fsp3) is 0.750. The maximum Gasteiger partial charge on any atom is 0.0666 e. The molecule has 0 aliphatic heterocycles. The Kier molecular flexibility index (Phi) is 4.82. The molecule has 15 heavy (non-hydrogen) atoms. The second-order valence-corrected chi connectivity index (χ2v) is 4.85. The molecule has 0 aliphatic carbocycles. The number of aromatic nitrogens is 2. The van der Waals surface area contributed by atoms with Crippen LogP contribution in [0.5, 0.6) is 0 Å². The molecule has 86 valence electrons. The Morgan fingerprint density at radius 3 is 2.40 bits per heavy atom. The van der Waals surface area contributed by atoms with Gasteiger partial charge in [0.15, 0.2) is 0 Å². The van der Waals surface area contributed by atoms with E-state index in [1.165, 1.54) is 0 Å². The lowest BCUT2D eigenvalue weighted by Crippen LogP contribution is -2.31. The van der Waals surface area contributed by atoms with E-state index < -0.39 is 0 Å². The lowest BCUT2D eigenvalue weighted by atomic mass is 10.0. The van der Waals surface area contributed by atoms with Crippen molar-refractivity contribution >= 4 is 0 Å². The predicted molar refractivity (Wildman–Crippen MR) is 63.8 cm³/mol. The summed E-state index contributed by atoms with van der Waals surface area (Å²) in [4.78, 5) is 0. The van der Waals surface area contributed by atoms with Crippen LogP contribution in [0, 0.1) is 11.8 Å². The van der Waals surface area contributed by atoms with Crippen LogP contribution in [0.15, 0.2) is 18.5 Å². The van der Waals surface area contributed by atoms with Crippen LogP contribution in [0.2, 0.25) is 0 Å². The summed E-state index contributed by atoms with van der Waals surface area (Å²) in [6.07, 6.45) is 3.89. The molecule has 0 fully saturated rings. The molecule has 1 unspecified atom stereocenters. The fourth-order valence-corrected chi connectivity index (χ4v) is 1.63. The zero-order valence-corrected chi connectivity index (χ0v) is 10.3. The third-order valence-electron chi connectivity index (χ3n) is 2.54. The van der Waals surface area contributed by atoms with E-state index in [4.69, 9.17) is 0 Å². The standard InChI is InChI=1S/C12H23N3/c1-10(2)8-13-9-12(11(3)4)15-7-5-6-14-15/h5-7,10-13H,8-9H2,1-4H3. The van der Waals surface area contributed by atoms with E-state index in [1.54, 1.807) is 0 Å². The van der Waals surface area contributed by atoms with Gasteiger partial charge in [-0.1, -0.05) is 27.7 Å². The first-order valence-electron chi connectivity index (χ1n) is 5.81. The molecule has 3 heteroatoms. The maximum absolute atomic E-state index is 4.31. The van der Waals surface area contributed by atoms with Crippen LogP contribution in [0.25, 0.3) is 0 Å². The second kappa shape index (κ2) is 5.91.